The molecule has 0 aliphatic carbocycles. The minimum Gasteiger partial charge on any atom is -0.260 e. The van der Waals surface area contributed by atoms with E-state index in [2.05, 4.69) is 13.1 Å². The molecule has 0 rings (SSSR count). The van der Waals surface area contributed by atoms with E-state index in [4.69, 9.17) is 0 Å². The highest BCUT2D eigenvalue weighted by Crippen LogP contribution is 2.04. The van der Waals surface area contributed by atoms with E-state index in [1.54, 1.807) is 12.5 Å². The lowest BCUT2D eigenvalue weighted by Gasteiger charge is -2.18. The number of hydrogen-bond acceptors (Lipinski definition) is 2. The normalized spacial score (nSPS) is 17.8. The van der Waals surface area contributed by atoms with Crippen LogP contribution in [0.5, 0.6) is 0 Å². The lowest BCUT2D eigenvalue weighted by atomic mass is 11.7. The molecule has 0 fully saturated rings. The van der Waals surface area contributed by atoms with Crippen LogP contribution in [0.25, 0.3) is 0 Å². The van der Waals surface area contributed by atoms with E-state index in [0.717, 1.165) is 10.8 Å². The van der Waals surface area contributed by atoms with Gasteiger partial charge in [0.05, 0.1) is 8.07 Å². The molecule has 0 aromatic rings. The van der Waals surface area contributed by atoms with Crippen LogP contribution in [0, 0.1) is 0 Å². The second-order valence-corrected chi connectivity index (χ2v) is 12.5. The Hall–Kier alpha value is 0.517. The molecule has 5 heteroatoms. The van der Waals surface area contributed by atoms with Crippen LogP contribution in [0.3, 0.4) is 0 Å². The van der Waals surface area contributed by atoms with E-state index in [1.807, 2.05) is 0 Å². The second kappa shape index (κ2) is 4.52. The highest BCUT2D eigenvalue weighted by molar-refractivity contribution is 7.88. The SMILES string of the molecule is CS(=O)C[Si](C)(C)CS(C)=O. The van der Waals surface area contributed by atoms with Crippen LogP contribution in [0.2, 0.25) is 13.1 Å². The zero-order chi connectivity index (χ0) is 9.07. The Kier molecular flexibility index (Phi) is 4.73. The maximum atomic E-state index is 10.9. The highest BCUT2D eigenvalue weighted by atomic mass is 32.2. The third-order valence-corrected chi connectivity index (χ3v) is 10.7. The van der Waals surface area contributed by atoms with Gasteiger partial charge < -0.3 is 0 Å². The van der Waals surface area contributed by atoms with Crippen molar-refractivity contribution in [1.29, 1.82) is 0 Å². The first-order valence-corrected chi connectivity index (χ1v) is 10.3. The average Bonchev–Trinajstić information content (AvgIpc) is 1.53. The molecule has 0 amide bonds. The molecule has 0 aliphatic heterocycles. The Labute approximate surface area is 74.7 Å². The molecule has 68 valence electrons. The van der Waals surface area contributed by atoms with Crippen LogP contribution < -0.4 is 0 Å². The molecular formula is C6H16O2S2Si. The number of hydrogen-bond donors (Lipinski definition) is 0. The molecule has 2 atom stereocenters. The van der Waals surface area contributed by atoms with E-state index in [-0.39, 0.29) is 0 Å². The first-order chi connectivity index (χ1) is 4.83. The zero-order valence-electron chi connectivity index (χ0n) is 7.55. The average molecular weight is 212 g/mol. The molecule has 0 aromatic carbocycles. The van der Waals surface area contributed by atoms with Gasteiger partial charge >= 0.3 is 0 Å². The maximum Gasteiger partial charge on any atom is 0.0745 e. The number of rotatable bonds is 4. The first-order valence-electron chi connectivity index (χ1n) is 3.43. The van der Waals surface area contributed by atoms with Gasteiger partial charge in [-0.05, 0) is 0 Å². The summed E-state index contributed by atoms with van der Waals surface area (Å²) in [5, 5.41) is 1.54. The molecule has 0 spiro atoms. The predicted octanol–water partition coefficient (Wildman–Crippen LogP) is 0.530. The van der Waals surface area contributed by atoms with Crippen molar-refractivity contribution in [2.45, 2.75) is 13.1 Å². The molecule has 0 saturated heterocycles. The van der Waals surface area contributed by atoms with Gasteiger partial charge in [-0.3, -0.25) is 8.42 Å². The lowest BCUT2D eigenvalue weighted by molar-refractivity contribution is 0.689. The standard InChI is InChI=1S/C6H16O2S2Si/c1-9(7)5-11(3,4)6-10(2)8/h5-6H2,1-4H3. The third kappa shape index (κ3) is 6.90. The van der Waals surface area contributed by atoms with E-state index in [9.17, 15) is 8.42 Å². The summed E-state index contributed by atoms with van der Waals surface area (Å²) < 4.78 is 21.8. The topological polar surface area (TPSA) is 34.1 Å². The minimum absolute atomic E-state index is 0.724. The second-order valence-electron chi connectivity index (χ2n) is 3.60. The molecule has 0 aliphatic rings. The summed E-state index contributed by atoms with van der Waals surface area (Å²) in [6, 6.07) is 0. The monoisotopic (exact) mass is 212 g/mol. The summed E-state index contributed by atoms with van der Waals surface area (Å²) in [7, 11) is -2.88. The fourth-order valence-corrected chi connectivity index (χ4v) is 11.0. The predicted molar refractivity (Wildman–Crippen MR) is 55.3 cm³/mol. The molecule has 0 heterocycles. The Balaban J connectivity index is 3.99. The summed E-state index contributed by atoms with van der Waals surface area (Å²) in [6.45, 7) is 4.27. The van der Waals surface area contributed by atoms with Crippen LogP contribution in [0.15, 0.2) is 0 Å². The summed E-state index contributed by atoms with van der Waals surface area (Å²) in [5.41, 5.74) is 0. The molecule has 0 saturated carbocycles. The van der Waals surface area contributed by atoms with Gasteiger partial charge in [0.25, 0.3) is 0 Å². The van der Waals surface area contributed by atoms with Gasteiger partial charge in [0.15, 0.2) is 0 Å². The van der Waals surface area contributed by atoms with E-state index < -0.39 is 29.7 Å². The fourth-order valence-electron chi connectivity index (χ4n) is 1.14. The van der Waals surface area contributed by atoms with E-state index in [1.165, 1.54) is 0 Å². The van der Waals surface area contributed by atoms with Crippen molar-refractivity contribution in [2.24, 2.45) is 0 Å². The van der Waals surface area contributed by atoms with Gasteiger partial charge in [0.2, 0.25) is 0 Å². The van der Waals surface area contributed by atoms with Crippen molar-refractivity contribution in [3.05, 3.63) is 0 Å². The van der Waals surface area contributed by atoms with Crippen LogP contribution in [0.4, 0.5) is 0 Å². The summed E-state index contributed by atoms with van der Waals surface area (Å²) in [5.74, 6) is 0. The highest BCUT2D eigenvalue weighted by Gasteiger charge is 2.23. The zero-order valence-corrected chi connectivity index (χ0v) is 10.2. The van der Waals surface area contributed by atoms with Crippen molar-refractivity contribution >= 4 is 29.7 Å². The molecular weight excluding hydrogens is 196 g/mol. The van der Waals surface area contributed by atoms with Crippen molar-refractivity contribution < 1.29 is 8.42 Å². The molecule has 11 heavy (non-hydrogen) atoms. The Bertz CT molecular complexity index is 161. The van der Waals surface area contributed by atoms with Gasteiger partial charge in [-0.15, -0.1) is 0 Å². The van der Waals surface area contributed by atoms with Gasteiger partial charge in [-0.1, -0.05) is 13.1 Å². The quantitative estimate of drug-likeness (QED) is 0.637. The van der Waals surface area contributed by atoms with Crippen LogP contribution in [-0.2, 0) is 21.6 Å². The Morgan fingerprint density at radius 3 is 1.45 bits per heavy atom. The van der Waals surface area contributed by atoms with Gasteiger partial charge in [-0.2, -0.15) is 0 Å². The van der Waals surface area contributed by atoms with Gasteiger partial charge in [0.1, 0.15) is 0 Å². The summed E-state index contributed by atoms with van der Waals surface area (Å²) in [6.07, 6.45) is 3.43. The molecule has 0 radical (unpaired) electrons. The van der Waals surface area contributed by atoms with Gasteiger partial charge in [-0.25, -0.2) is 0 Å². The molecule has 0 aromatic heterocycles. The van der Waals surface area contributed by atoms with Crippen molar-refractivity contribution in [3.63, 3.8) is 0 Å². The molecule has 0 N–H and O–H groups in total. The van der Waals surface area contributed by atoms with Crippen molar-refractivity contribution in [3.8, 4) is 0 Å². The Morgan fingerprint density at radius 1 is 1.00 bits per heavy atom. The molecule has 2 nitrogen and oxygen atoms in total. The van der Waals surface area contributed by atoms with Crippen LogP contribution in [-0.4, -0.2) is 39.8 Å². The van der Waals surface area contributed by atoms with Crippen molar-refractivity contribution in [2.75, 3.05) is 23.3 Å². The lowest BCUT2D eigenvalue weighted by Crippen LogP contribution is -2.39. The maximum absolute atomic E-state index is 10.9. The first kappa shape index (κ1) is 11.5. The summed E-state index contributed by atoms with van der Waals surface area (Å²) in [4.78, 5) is 0. The van der Waals surface area contributed by atoms with Gasteiger partial charge in [0, 0.05) is 44.9 Å². The van der Waals surface area contributed by atoms with Crippen molar-refractivity contribution in [1.82, 2.24) is 0 Å². The third-order valence-electron chi connectivity index (χ3n) is 1.19. The van der Waals surface area contributed by atoms with Crippen LogP contribution in [0.1, 0.15) is 0 Å². The summed E-state index contributed by atoms with van der Waals surface area (Å²) >= 11 is 0. The van der Waals surface area contributed by atoms with Crippen LogP contribution >= 0.6 is 0 Å². The smallest absolute Gasteiger partial charge is 0.0745 e. The minimum atomic E-state index is -1.43. The van der Waals surface area contributed by atoms with E-state index in [0.29, 0.717) is 0 Å². The van der Waals surface area contributed by atoms with E-state index >= 15 is 0 Å². The Morgan fingerprint density at radius 2 is 1.27 bits per heavy atom. The largest absolute Gasteiger partial charge is 0.260 e. The molecule has 2 unspecified atom stereocenters. The molecule has 0 bridgehead atoms. The fraction of sp³-hybridized carbons (Fsp3) is 1.00.